The van der Waals surface area contributed by atoms with Gasteiger partial charge in [-0.25, -0.2) is 0 Å². The molecule has 3 aliphatic rings. The Morgan fingerprint density at radius 3 is 2.62 bits per heavy atom. The van der Waals surface area contributed by atoms with E-state index in [9.17, 15) is 14.4 Å². The highest BCUT2D eigenvalue weighted by Gasteiger charge is 2.46. The molecule has 2 N–H and O–H groups in total. The maximum atomic E-state index is 13.0. The fourth-order valence-electron chi connectivity index (χ4n) is 4.28. The normalized spacial score (nSPS) is 25.9. The third-order valence-corrected chi connectivity index (χ3v) is 5.95. The molecule has 0 spiro atoms. The summed E-state index contributed by atoms with van der Waals surface area (Å²) < 4.78 is 0. The Labute approximate surface area is 152 Å². The van der Waals surface area contributed by atoms with E-state index in [0.717, 1.165) is 49.3 Å². The lowest BCUT2D eigenvalue weighted by Gasteiger charge is -2.40. The fourth-order valence-corrected chi connectivity index (χ4v) is 4.28. The Kier molecular flexibility index (Phi) is 4.19. The van der Waals surface area contributed by atoms with Gasteiger partial charge in [-0.05, 0) is 36.6 Å². The van der Waals surface area contributed by atoms with E-state index in [-0.39, 0.29) is 24.8 Å². The van der Waals surface area contributed by atoms with Crippen molar-refractivity contribution < 1.29 is 14.4 Å². The number of hydrogen-bond acceptors (Lipinski definition) is 5. The Hall–Kier alpha value is -2.41. The number of rotatable bonds is 3. The van der Waals surface area contributed by atoms with Crippen molar-refractivity contribution in [3.05, 3.63) is 28.8 Å². The number of piperazine rings is 1. The molecule has 0 aromatic heterocycles. The molecule has 7 nitrogen and oxygen atoms in total. The molecule has 0 radical (unpaired) electrons. The van der Waals surface area contributed by atoms with Crippen molar-refractivity contribution >= 4 is 23.8 Å². The standard InChI is InChI=1S/C19H24N4O3/c1-13-15-10-23(19(12-24)5-4-17(25)21-11-19)18(26)14(15)2-3-16(13)22-8-6-20-7-9-22/h2-3,12,20H,4-11H2,1H3,(H,21,25). The van der Waals surface area contributed by atoms with Crippen LogP contribution in [0.3, 0.4) is 0 Å². The Morgan fingerprint density at radius 2 is 1.96 bits per heavy atom. The van der Waals surface area contributed by atoms with Crippen LogP contribution in [-0.2, 0) is 16.1 Å². The predicted octanol–water partition coefficient (Wildman–Crippen LogP) is 0.208. The van der Waals surface area contributed by atoms with Gasteiger partial charge in [0.15, 0.2) is 0 Å². The van der Waals surface area contributed by atoms with Crippen molar-refractivity contribution in [2.75, 3.05) is 37.6 Å². The topological polar surface area (TPSA) is 81.8 Å². The molecule has 2 fully saturated rings. The molecule has 0 aliphatic carbocycles. The zero-order chi connectivity index (χ0) is 18.3. The second-order valence-electron chi connectivity index (χ2n) is 7.36. The molecule has 1 unspecified atom stereocenters. The van der Waals surface area contributed by atoms with Gasteiger partial charge in [0.1, 0.15) is 11.8 Å². The summed E-state index contributed by atoms with van der Waals surface area (Å²) in [6.07, 6.45) is 1.48. The number of aldehydes is 1. The quantitative estimate of drug-likeness (QED) is 0.757. The van der Waals surface area contributed by atoms with E-state index in [0.29, 0.717) is 18.5 Å². The van der Waals surface area contributed by atoms with Crippen LogP contribution in [0.4, 0.5) is 5.69 Å². The van der Waals surface area contributed by atoms with Crippen molar-refractivity contribution in [3.63, 3.8) is 0 Å². The average molecular weight is 356 g/mol. The van der Waals surface area contributed by atoms with Gasteiger partial charge in [0.05, 0.1) is 0 Å². The zero-order valence-electron chi connectivity index (χ0n) is 15.0. The third kappa shape index (κ3) is 2.58. The maximum absolute atomic E-state index is 13.0. The monoisotopic (exact) mass is 356 g/mol. The second kappa shape index (κ2) is 6.39. The molecule has 1 aromatic rings. The second-order valence-corrected chi connectivity index (χ2v) is 7.36. The number of nitrogens with zero attached hydrogens (tertiary/aromatic N) is 2. The molecule has 3 heterocycles. The van der Waals surface area contributed by atoms with E-state index in [4.69, 9.17) is 0 Å². The van der Waals surface area contributed by atoms with E-state index >= 15 is 0 Å². The fraction of sp³-hybridized carbons (Fsp3) is 0.526. The number of piperidine rings is 1. The molecule has 7 heteroatoms. The number of carbonyl (C=O) groups excluding carboxylic acids is 3. The van der Waals surface area contributed by atoms with Crippen LogP contribution in [0.25, 0.3) is 0 Å². The average Bonchev–Trinajstić information content (AvgIpc) is 3.02. The van der Waals surface area contributed by atoms with Crippen LogP contribution in [-0.4, -0.2) is 61.3 Å². The predicted molar refractivity (Wildman–Crippen MR) is 97.2 cm³/mol. The highest BCUT2D eigenvalue weighted by molar-refractivity contribution is 6.02. The van der Waals surface area contributed by atoms with Gasteiger partial charge in [-0.15, -0.1) is 0 Å². The molecule has 138 valence electrons. The molecule has 0 saturated carbocycles. The minimum atomic E-state index is -0.939. The number of hydrogen-bond donors (Lipinski definition) is 2. The van der Waals surface area contributed by atoms with Crippen molar-refractivity contribution in [2.24, 2.45) is 0 Å². The van der Waals surface area contributed by atoms with Crippen LogP contribution >= 0.6 is 0 Å². The third-order valence-electron chi connectivity index (χ3n) is 5.95. The van der Waals surface area contributed by atoms with Crippen LogP contribution in [0, 0.1) is 6.92 Å². The number of fused-ring (bicyclic) bond motifs is 1. The van der Waals surface area contributed by atoms with E-state index in [1.165, 1.54) is 0 Å². The summed E-state index contributed by atoms with van der Waals surface area (Å²) in [6.45, 7) is 6.48. The Balaban J connectivity index is 1.65. The van der Waals surface area contributed by atoms with Crippen LogP contribution in [0.1, 0.15) is 34.3 Å². The van der Waals surface area contributed by atoms with Gasteiger partial charge in [0, 0.05) is 56.9 Å². The van der Waals surface area contributed by atoms with Crippen LogP contribution in [0.15, 0.2) is 12.1 Å². The molecule has 2 amide bonds. The lowest BCUT2D eigenvalue weighted by atomic mass is 9.89. The number of amides is 2. The number of carbonyl (C=O) groups is 3. The van der Waals surface area contributed by atoms with Crippen molar-refractivity contribution in [1.29, 1.82) is 0 Å². The van der Waals surface area contributed by atoms with Crippen molar-refractivity contribution in [2.45, 2.75) is 31.8 Å². The first-order chi connectivity index (χ1) is 12.6. The summed E-state index contributed by atoms with van der Waals surface area (Å²) in [5.74, 6) is -0.179. The molecule has 26 heavy (non-hydrogen) atoms. The van der Waals surface area contributed by atoms with Gasteiger partial charge in [0.2, 0.25) is 5.91 Å². The smallest absolute Gasteiger partial charge is 0.255 e. The van der Waals surface area contributed by atoms with Gasteiger partial charge >= 0.3 is 0 Å². The van der Waals surface area contributed by atoms with Crippen LogP contribution < -0.4 is 15.5 Å². The highest BCUT2D eigenvalue weighted by atomic mass is 16.2. The minimum absolute atomic E-state index is 0.0659. The SMILES string of the molecule is Cc1c(N2CCNCC2)ccc2c1CN(C1(C=O)CCC(=O)NC1)C2=O. The number of benzene rings is 1. The molecule has 0 bridgehead atoms. The van der Waals surface area contributed by atoms with Gasteiger partial charge in [-0.1, -0.05) is 0 Å². The highest BCUT2D eigenvalue weighted by Crippen LogP contribution is 2.37. The summed E-state index contributed by atoms with van der Waals surface area (Å²) in [6, 6.07) is 3.92. The van der Waals surface area contributed by atoms with E-state index in [1.54, 1.807) is 4.90 Å². The zero-order valence-corrected chi connectivity index (χ0v) is 15.0. The first-order valence-electron chi connectivity index (χ1n) is 9.19. The first-order valence-corrected chi connectivity index (χ1v) is 9.19. The molecule has 3 aliphatic heterocycles. The van der Waals surface area contributed by atoms with E-state index in [2.05, 4.69) is 22.5 Å². The molecule has 2 saturated heterocycles. The van der Waals surface area contributed by atoms with Crippen LogP contribution in [0.5, 0.6) is 0 Å². The van der Waals surface area contributed by atoms with E-state index < -0.39 is 5.54 Å². The van der Waals surface area contributed by atoms with Crippen molar-refractivity contribution in [1.82, 2.24) is 15.5 Å². The van der Waals surface area contributed by atoms with E-state index in [1.807, 2.05) is 12.1 Å². The first kappa shape index (κ1) is 17.0. The summed E-state index contributed by atoms with van der Waals surface area (Å²) in [4.78, 5) is 40.4. The number of nitrogens with one attached hydrogen (secondary N) is 2. The van der Waals surface area contributed by atoms with Gasteiger partial charge in [-0.3, -0.25) is 9.59 Å². The lowest BCUT2D eigenvalue weighted by molar-refractivity contribution is -0.128. The summed E-state index contributed by atoms with van der Waals surface area (Å²) in [5, 5.41) is 6.10. The number of anilines is 1. The molecule has 4 rings (SSSR count). The van der Waals surface area contributed by atoms with Gasteiger partial charge in [-0.2, -0.15) is 0 Å². The van der Waals surface area contributed by atoms with Crippen LogP contribution in [0.2, 0.25) is 0 Å². The lowest BCUT2D eigenvalue weighted by Crippen LogP contribution is -2.60. The molecular formula is C19H24N4O3. The minimum Gasteiger partial charge on any atom is -0.369 e. The largest absolute Gasteiger partial charge is 0.369 e. The summed E-state index contributed by atoms with van der Waals surface area (Å²) >= 11 is 0. The molecular weight excluding hydrogens is 332 g/mol. The Morgan fingerprint density at radius 1 is 1.19 bits per heavy atom. The van der Waals surface area contributed by atoms with Gasteiger partial charge in [0.25, 0.3) is 5.91 Å². The summed E-state index contributed by atoms with van der Waals surface area (Å²) in [7, 11) is 0. The Bertz CT molecular complexity index is 760. The van der Waals surface area contributed by atoms with Gasteiger partial charge < -0.3 is 25.2 Å². The molecule has 1 atom stereocenters. The maximum Gasteiger partial charge on any atom is 0.255 e. The van der Waals surface area contributed by atoms with Crippen molar-refractivity contribution in [3.8, 4) is 0 Å². The molecule has 1 aromatic carbocycles. The summed E-state index contributed by atoms with van der Waals surface area (Å²) in [5.41, 5.74) is 3.02.